The van der Waals surface area contributed by atoms with Crippen molar-refractivity contribution in [2.24, 2.45) is 0 Å². The molecular formula is C11H14N2. The first kappa shape index (κ1) is 8.30. The molecule has 2 rings (SSSR count). The van der Waals surface area contributed by atoms with Gasteiger partial charge in [-0.25, -0.2) is 4.98 Å². The van der Waals surface area contributed by atoms with E-state index in [9.17, 15) is 0 Å². The van der Waals surface area contributed by atoms with Gasteiger partial charge in [-0.3, -0.25) is 0 Å². The van der Waals surface area contributed by atoms with Crippen molar-refractivity contribution in [3.63, 3.8) is 0 Å². The maximum Gasteiger partial charge on any atom is 0.0958 e. The molecule has 0 aliphatic heterocycles. The van der Waals surface area contributed by atoms with Crippen LogP contribution in [0.2, 0.25) is 0 Å². The van der Waals surface area contributed by atoms with Gasteiger partial charge >= 0.3 is 0 Å². The van der Waals surface area contributed by atoms with Crippen LogP contribution in [0.25, 0.3) is 11.0 Å². The molecule has 2 aromatic rings. The average molecular weight is 174 g/mol. The van der Waals surface area contributed by atoms with E-state index in [1.54, 1.807) is 0 Å². The van der Waals surface area contributed by atoms with Crippen LogP contribution in [0.15, 0.2) is 24.5 Å². The van der Waals surface area contributed by atoms with Gasteiger partial charge in [-0.2, -0.15) is 0 Å². The van der Waals surface area contributed by atoms with Gasteiger partial charge in [0.1, 0.15) is 0 Å². The molecular weight excluding hydrogens is 160 g/mol. The SMILES string of the molecule is CCCn1cnc2c(C)cccc21. The molecule has 68 valence electrons. The molecule has 1 aromatic carbocycles. The molecule has 13 heavy (non-hydrogen) atoms. The fourth-order valence-corrected chi connectivity index (χ4v) is 1.65. The zero-order valence-electron chi connectivity index (χ0n) is 8.12. The standard InChI is InChI=1S/C11H14N2/c1-3-7-13-8-12-11-9(2)5-4-6-10(11)13/h4-6,8H,3,7H2,1-2H3. The van der Waals surface area contributed by atoms with E-state index in [-0.39, 0.29) is 0 Å². The number of para-hydroxylation sites is 1. The van der Waals surface area contributed by atoms with Crippen molar-refractivity contribution >= 4 is 11.0 Å². The van der Waals surface area contributed by atoms with Gasteiger partial charge in [0, 0.05) is 6.54 Å². The van der Waals surface area contributed by atoms with E-state index < -0.39 is 0 Å². The molecule has 2 heteroatoms. The molecule has 0 radical (unpaired) electrons. The van der Waals surface area contributed by atoms with Crippen LogP contribution in [0.3, 0.4) is 0 Å². The van der Waals surface area contributed by atoms with E-state index in [4.69, 9.17) is 0 Å². The molecule has 0 saturated heterocycles. The van der Waals surface area contributed by atoms with E-state index in [0.717, 1.165) is 18.5 Å². The van der Waals surface area contributed by atoms with Gasteiger partial charge in [0.05, 0.1) is 17.4 Å². The second kappa shape index (κ2) is 3.21. The van der Waals surface area contributed by atoms with Gasteiger partial charge < -0.3 is 4.57 Å². The minimum Gasteiger partial charge on any atom is -0.331 e. The second-order valence-electron chi connectivity index (χ2n) is 3.38. The maximum absolute atomic E-state index is 4.40. The Morgan fingerprint density at radius 2 is 2.23 bits per heavy atom. The number of hydrogen-bond donors (Lipinski definition) is 0. The molecule has 0 spiro atoms. The fraction of sp³-hybridized carbons (Fsp3) is 0.364. The zero-order chi connectivity index (χ0) is 9.26. The van der Waals surface area contributed by atoms with Crippen molar-refractivity contribution in [2.75, 3.05) is 0 Å². The Bertz CT molecular complexity index is 415. The van der Waals surface area contributed by atoms with E-state index >= 15 is 0 Å². The molecule has 0 bridgehead atoms. The lowest BCUT2D eigenvalue weighted by atomic mass is 10.2. The van der Waals surface area contributed by atoms with Gasteiger partial charge in [0.15, 0.2) is 0 Å². The van der Waals surface area contributed by atoms with Crippen LogP contribution in [0.4, 0.5) is 0 Å². The Morgan fingerprint density at radius 1 is 1.38 bits per heavy atom. The van der Waals surface area contributed by atoms with Crippen LogP contribution < -0.4 is 0 Å². The molecule has 0 unspecified atom stereocenters. The Labute approximate surface area is 78.2 Å². The minimum absolute atomic E-state index is 1.06. The number of benzene rings is 1. The zero-order valence-corrected chi connectivity index (χ0v) is 8.12. The Balaban J connectivity index is 2.61. The Morgan fingerprint density at radius 3 is 3.00 bits per heavy atom. The lowest BCUT2D eigenvalue weighted by Gasteiger charge is -2.00. The van der Waals surface area contributed by atoms with E-state index in [0.29, 0.717) is 0 Å². The second-order valence-corrected chi connectivity index (χ2v) is 3.38. The number of rotatable bonds is 2. The number of nitrogens with zero attached hydrogens (tertiary/aromatic N) is 2. The first-order chi connectivity index (χ1) is 6.33. The summed E-state index contributed by atoms with van der Waals surface area (Å²) in [5, 5.41) is 0. The maximum atomic E-state index is 4.40. The van der Waals surface area contributed by atoms with Crippen molar-refractivity contribution in [1.82, 2.24) is 9.55 Å². The molecule has 0 atom stereocenters. The summed E-state index contributed by atoms with van der Waals surface area (Å²) in [6, 6.07) is 6.32. The Hall–Kier alpha value is -1.31. The van der Waals surface area contributed by atoms with Gasteiger partial charge in [0.2, 0.25) is 0 Å². The van der Waals surface area contributed by atoms with Crippen LogP contribution in [-0.4, -0.2) is 9.55 Å². The summed E-state index contributed by atoms with van der Waals surface area (Å²) in [5.41, 5.74) is 3.64. The molecule has 1 heterocycles. The molecule has 1 aromatic heterocycles. The Kier molecular flexibility index (Phi) is 2.05. The third-order valence-electron chi connectivity index (χ3n) is 2.32. The van der Waals surface area contributed by atoms with E-state index in [1.807, 2.05) is 6.33 Å². The molecule has 2 nitrogen and oxygen atoms in total. The smallest absolute Gasteiger partial charge is 0.0958 e. The third-order valence-corrected chi connectivity index (χ3v) is 2.32. The first-order valence-electron chi connectivity index (χ1n) is 4.73. The van der Waals surface area contributed by atoms with Crippen molar-refractivity contribution < 1.29 is 0 Å². The highest BCUT2D eigenvalue weighted by atomic mass is 15.0. The lowest BCUT2D eigenvalue weighted by Crippen LogP contribution is -1.93. The number of aryl methyl sites for hydroxylation is 2. The highest BCUT2D eigenvalue weighted by Gasteiger charge is 2.02. The normalized spacial score (nSPS) is 10.9. The summed E-state index contributed by atoms with van der Waals surface area (Å²) in [6.07, 6.45) is 3.08. The number of imidazole rings is 1. The summed E-state index contributed by atoms with van der Waals surface area (Å²) >= 11 is 0. The van der Waals surface area contributed by atoms with Crippen molar-refractivity contribution in [2.45, 2.75) is 26.8 Å². The molecule has 0 amide bonds. The highest BCUT2D eigenvalue weighted by molar-refractivity contribution is 5.78. The van der Waals surface area contributed by atoms with Crippen molar-refractivity contribution in [3.8, 4) is 0 Å². The predicted molar refractivity (Wildman–Crippen MR) is 54.8 cm³/mol. The molecule has 0 aliphatic carbocycles. The summed E-state index contributed by atoms with van der Waals surface area (Å²) in [6.45, 7) is 5.34. The van der Waals surface area contributed by atoms with Crippen LogP contribution in [-0.2, 0) is 6.54 Å². The quantitative estimate of drug-likeness (QED) is 0.684. The largest absolute Gasteiger partial charge is 0.331 e. The topological polar surface area (TPSA) is 17.8 Å². The van der Waals surface area contributed by atoms with Crippen molar-refractivity contribution in [1.29, 1.82) is 0 Å². The van der Waals surface area contributed by atoms with Crippen LogP contribution in [0.1, 0.15) is 18.9 Å². The van der Waals surface area contributed by atoms with E-state index in [2.05, 4.69) is 41.6 Å². The number of aromatic nitrogens is 2. The van der Waals surface area contributed by atoms with Gasteiger partial charge in [-0.15, -0.1) is 0 Å². The summed E-state index contributed by atoms with van der Waals surface area (Å²) in [4.78, 5) is 4.40. The average Bonchev–Trinajstić information content (AvgIpc) is 2.51. The predicted octanol–water partition coefficient (Wildman–Crippen LogP) is 2.75. The number of fused-ring (bicyclic) bond motifs is 1. The molecule has 0 fully saturated rings. The summed E-state index contributed by atoms with van der Waals surface area (Å²) < 4.78 is 2.21. The fourth-order valence-electron chi connectivity index (χ4n) is 1.65. The molecule has 0 aliphatic rings. The van der Waals surface area contributed by atoms with Crippen LogP contribution in [0, 0.1) is 6.92 Å². The van der Waals surface area contributed by atoms with Crippen LogP contribution in [0.5, 0.6) is 0 Å². The minimum atomic E-state index is 1.06. The lowest BCUT2D eigenvalue weighted by molar-refractivity contribution is 0.697. The first-order valence-corrected chi connectivity index (χ1v) is 4.73. The number of hydrogen-bond acceptors (Lipinski definition) is 1. The van der Waals surface area contributed by atoms with Crippen LogP contribution >= 0.6 is 0 Å². The van der Waals surface area contributed by atoms with Gasteiger partial charge in [0.25, 0.3) is 0 Å². The van der Waals surface area contributed by atoms with E-state index in [1.165, 1.54) is 11.1 Å². The monoisotopic (exact) mass is 174 g/mol. The third kappa shape index (κ3) is 1.32. The summed E-state index contributed by atoms with van der Waals surface area (Å²) in [5.74, 6) is 0. The van der Waals surface area contributed by atoms with Crippen molar-refractivity contribution in [3.05, 3.63) is 30.1 Å². The highest BCUT2D eigenvalue weighted by Crippen LogP contribution is 2.16. The summed E-state index contributed by atoms with van der Waals surface area (Å²) in [7, 11) is 0. The molecule has 0 N–H and O–H groups in total. The van der Waals surface area contributed by atoms with Gasteiger partial charge in [-0.05, 0) is 25.0 Å². The molecule has 0 saturated carbocycles. The van der Waals surface area contributed by atoms with Gasteiger partial charge in [-0.1, -0.05) is 19.1 Å².